The molecule has 0 saturated heterocycles. The van der Waals surface area contributed by atoms with E-state index in [9.17, 15) is 4.21 Å². The standard InChI is InChI=1S/C15H27N3O2S.HI/c1-5-16-14(17-9-8-13-7-6-11-20-13)18-10-12-21(19)15(2,3)4;/h6-7,11H,5,8-10,12H2,1-4H3,(H2,16,17,18);1H. The minimum absolute atomic E-state index is 0. The number of rotatable bonds is 7. The highest BCUT2D eigenvalue weighted by molar-refractivity contribution is 14.0. The van der Waals surface area contributed by atoms with Crippen molar-refractivity contribution in [3.63, 3.8) is 0 Å². The smallest absolute Gasteiger partial charge is 0.191 e. The largest absolute Gasteiger partial charge is 0.469 e. The summed E-state index contributed by atoms with van der Waals surface area (Å²) < 4.78 is 17.1. The molecule has 0 bridgehead atoms. The van der Waals surface area contributed by atoms with Crippen molar-refractivity contribution in [3.05, 3.63) is 24.2 Å². The Hall–Kier alpha value is -0.570. The first-order valence-electron chi connectivity index (χ1n) is 7.36. The maximum absolute atomic E-state index is 12.0. The Kier molecular flexibility index (Phi) is 10.8. The molecule has 1 heterocycles. The molecule has 0 amide bonds. The van der Waals surface area contributed by atoms with Crippen LogP contribution in [0, 0.1) is 0 Å². The first-order chi connectivity index (χ1) is 9.93. The summed E-state index contributed by atoms with van der Waals surface area (Å²) in [6, 6.07) is 3.84. The van der Waals surface area contributed by atoms with E-state index in [1.54, 1.807) is 6.26 Å². The normalized spacial score (nSPS) is 13.4. The maximum atomic E-state index is 12.0. The van der Waals surface area contributed by atoms with E-state index in [4.69, 9.17) is 4.42 Å². The summed E-state index contributed by atoms with van der Waals surface area (Å²) >= 11 is 0. The van der Waals surface area contributed by atoms with Crippen molar-refractivity contribution in [1.29, 1.82) is 0 Å². The van der Waals surface area contributed by atoms with Crippen LogP contribution in [0.2, 0.25) is 0 Å². The van der Waals surface area contributed by atoms with E-state index in [2.05, 4.69) is 15.6 Å². The van der Waals surface area contributed by atoms with E-state index < -0.39 is 10.8 Å². The predicted octanol–water partition coefficient (Wildman–Crippen LogP) is 2.54. The number of aliphatic imine (C=N–C) groups is 1. The fourth-order valence-corrected chi connectivity index (χ4v) is 2.52. The fraction of sp³-hybridized carbons (Fsp3) is 0.667. The summed E-state index contributed by atoms with van der Waals surface area (Å²) in [5.74, 6) is 2.29. The Morgan fingerprint density at radius 1 is 1.36 bits per heavy atom. The van der Waals surface area contributed by atoms with Crippen molar-refractivity contribution in [2.75, 3.05) is 25.4 Å². The highest BCUT2D eigenvalue weighted by Gasteiger charge is 2.18. The number of halogens is 1. The van der Waals surface area contributed by atoms with Gasteiger partial charge < -0.3 is 15.1 Å². The van der Waals surface area contributed by atoms with E-state index in [0.717, 1.165) is 31.2 Å². The zero-order valence-electron chi connectivity index (χ0n) is 13.8. The third-order valence-corrected chi connectivity index (χ3v) is 4.74. The lowest BCUT2D eigenvalue weighted by molar-refractivity contribution is 0.507. The van der Waals surface area contributed by atoms with E-state index in [1.165, 1.54) is 0 Å². The van der Waals surface area contributed by atoms with E-state index >= 15 is 0 Å². The molecule has 0 fully saturated rings. The summed E-state index contributed by atoms with van der Waals surface area (Å²) in [5, 5.41) is 6.44. The Morgan fingerprint density at radius 3 is 2.64 bits per heavy atom. The SMILES string of the molecule is CCNC(=NCCS(=O)C(C)(C)C)NCCc1ccco1.I. The van der Waals surface area contributed by atoms with Gasteiger partial charge in [0.1, 0.15) is 5.76 Å². The fourth-order valence-electron chi connectivity index (χ4n) is 1.65. The van der Waals surface area contributed by atoms with Crippen molar-refractivity contribution < 1.29 is 8.63 Å². The van der Waals surface area contributed by atoms with Gasteiger partial charge in [-0.05, 0) is 39.8 Å². The molecule has 22 heavy (non-hydrogen) atoms. The summed E-state index contributed by atoms with van der Waals surface area (Å²) in [7, 11) is -0.865. The number of hydrogen-bond donors (Lipinski definition) is 2. The molecule has 0 saturated carbocycles. The van der Waals surface area contributed by atoms with Crippen molar-refractivity contribution in [1.82, 2.24) is 10.6 Å². The van der Waals surface area contributed by atoms with Crippen LogP contribution in [-0.2, 0) is 17.2 Å². The lowest BCUT2D eigenvalue weighted by atomic mass is 10.3. The van der Waals surface area contributed by atoms with Crippen LogP contribution in [0.1, 0.15) is 33.5 Å². The molecule has 0 aliphatic rings. The van der Waals surface area contributed by atoms with Gasteiger partial charge in [0.15, 0.2) is 5.96 Å². The van der Waals surface area contributed by atoms with Crippen LogP contribution in [0.4, 0.5) is 0 Å². The molecule has 5 nitrogen and oxygen atoms in total. The summed E-state index contributed by atoms with van der Waals surface area (Å²) in [6.45, 7) is 10.1. The number of furan rings is 1. The molecule has 1 aromatic rings. The Bertz CT molecular complexity index is 456. The molecule has 1 rings (SSSR count). The van der Waals surface area contributed by atoms with Crippen molar-refractivity contribution in [2.24, 2.45) is 4.99 Å². The van der Waals surface area contributed by atoms with E-state index in [-0.39, 0.29) is 28.7 Å². The number of guanidine groups is 1. The van der Waals surface area contributed by atoms with Gasteiger partial charge >= 0.3 is 0 Å². The molecule has 1 unspecified atom stereocenters. The molecule has 0 aromatic carbocycles. The van der Waals surface area contributed by atoms with Crippen molar-refractivity contribution in [2.45, 2.75) is 38.9 Å². The Labute approximate surface area is 153 Å². The third kappa shape index (κ3) is 8.77. The Morgan fingerprint density at radius 2 is 2.09 bits per heavy atom. The zero-order valence-corrected chi connectivity index (χ0v) is 17.0. The average molecular weight is 441 g/mol. The van der Waals surface area contributed by atoms with Gasteiger partial charge in [-0.15, -0.1) is 24.0 Å². The van der Waals surface area contributed by atoms with Crippen LogP contribution in [0.3, 0.4) is 0 Å². The second kappa shape index (κ2) is 11.0. The van der Waals surface area contributed by atoms with Crippen LogP contribution in [0.5, 0.6) is 0 Å². The number of nitrogens with one attached hydrogen (secondary N) is 2. The third-order valence-electron chi connectivity index (χ3n) is 2.82. The first-order valence-corrected chi connectivity index (χ1v) is 8.68. The molecule has 0 aliphatic carbocycles. The van der Waals surface area contributed by atoms with Gasteiger partial charge in [-0.25, -0.2) is 0 Å². The number of hydrogen-bond acceptors (Lipinski definition) is 3. The van der Waals surface area contributed by atoms with Crippen molar-refractivity contribution >= 4 is 40.7 Å². The van der Waals surface area contributed by atoms with Gasteiger partial charge in [-0.1, -0.05) is 0 Å². The first kappa shape index (κ1) is 21.4. The number of nitrogens with zero attached hydrogens (tertiary/aromatic N) is 1. The Balaban J connectivity index is 0.00000441. The predicted molar refractivity (Wildman–Crippen MR) is 105 cm³/mol. The highest BCUT2D eigenvalue weighted by Crippen LogP contribution is 2.10. The molecule has 7 heteroatoms. The van der Waals surface area contributed by atoms with Crippen LogP contribution in [0.25, 0.3) is 0 Å². The topological polar surface area (TPSA) is 66.6 Å². The lowest BCUT2D eigenvalue weighted by Gasteiger charge is -2.17. The summed E-state index contributed by atoms with van der Waals surface area (Å²) in [6.07, 6.45) is 2.49. The molecule has 1 aromatic heterocycles. The molecule has 0 radical (unpaired) electrons. The minimum Gasteiger partial charge on any atom is -0.469 e. The van der Waals surface area contributed by atoms with Gasteiger partial charge in [0, 0.05) is 40.8 Å². The highest BCUT2D eigenvalue weighted by atomic mass is 127. The lowest BCUT2D eigenvalue weighted by Crippen LogP contribution is -2.38. The van der Waals surface area contributed by atoms with Crippen LogP contribution in [-0.4, -0.2) is 40.3 Å². The van der Waals surface area contributed by atoms with Gasteiger partial charge in [-0.3, -0.25) is 9.20 Å². The summed E-state index contributed by atoms with van der Waals surface area (Å²) in [4.78, 5) is 4.46. The monoisotopic (exact) mass is 441 g/mol. The van der Waals surface area contributed by atoms with Crippen LogP contribution >= 0.6 is 24.0 Å². The van der Waals surface area contributed by atoms with E-state index in [0.29, 0.717) is 12.3 Å². The van der Waals surface area contributed by atoms with Gasteiger partial charge in [0.2, 0.25) is 0 Å². The molecule has 0 spiro atoms. The molecular weight excluding hydrogens is 413 g/mol. The second-order valence-corrected chi connectivity index (χ2v) is 8.00. The summed E-state index contributed by atoms with van der Waals surface area (Å²) in [5.41, 5.74) is 0. The molecule has 1 atom stereocenters. The average Bonchev–Trinajstić information content (AvgIpc) is 2.90. The minimum atomic E-state index is -0.865. The van der Waals surface area contributed by atoms with Gasteiger partial charge in [0.05, 0.1) is 12.8 Å². The molecular formula is C15H28IN3O2S. The maximum Gasteiger partial charge on any atom is 0.191 e. The van der Waals surface area contributed by atoms with Gasteiger partial charge in [-0.2, -0.15) is 0 Å². The van der Waals surface area contributed by atoms with Crippen LogP contribution < -0.4 is 10.6 Å². The zero-order chi connectivity index (χ0) is 15.7. The van der Waals surface area contributed by atoms with Crippen molar-refractivity contribution in [3.8, 4) is 0 Å². The molecule has 128 valence electrons. The van der Waals surface area contributed by atoms with E-state index in [1.807, 2.05) is 39.8 Å². The van der Waals surface area contributed by atoms with Crippen LogP contribution in [0.15, 0.2) is 27.8 Å². The molecule has 2 N–H and O–H groups in total. The second-order valence-electron chi connectivity index (χ2n) is 5.68. The van der Waals surface area contributed by atoms with Gasteiger partial charge in [0.25, 0.3) is 0 Å². The molecule has 0 aliphatic heterocycles. The quantitative estimate of drug-likeness (QED) is 0.388.